The smallest absolute Gasteiger partial charge is 0.258 e. The second-order valence-corrected chi connectivity index (χ2v) is 8.70. The zero-order valence-electron chi connectivity index (χ0n) is 20.7. The van der Waals surface area contributed by atoms with Gasteiger partial charge in [-0.05, 0) is 73.7 Å². The molecule has 182 valence electrons. The van der Waals surface area contributed by atoms with Crippen molar-refractivity contribution in [1.82, 2.24) is 14.9 Å². The molecule has 0 aliphatic heterocycles. The van der Waals surface area contributed by atoms with Gasteiger partial charge < -0.3 is 19.4 Å². The van der Waals surface area contributed by atoms with E-state index in [1.54, 1.807) is 0 Å². The van der Waals surface area contributed by atoms with Gasteiger partial charge in [-0.3, -0.25) is 4.79 Å². The summed E-state index contributed by atoms with van der Waals surface area (Å²) in [6, 6.07) is 22.2. The van der Waals surface area contributed by atoms with Crippen LogP contribution >= 0.6 is 0 Å². The standard InChI is InChI=1S/C29H33N3O3/c1-4-23-12-14-24(15-13-23)34-17-7-16-32-26-9-6-5-8-25(26)31-28(32)19-30-29(33)20-35-27-18-21(2)10-11-22(27)3/h5-6,8-15,18H,4,7,16-17,19-20H2,1-3H3,(H,30,33). The Labute approximate surface area is 206 Å². The maximum Gasteiger partial charge on any atom is 0.258 e. The molecular weight excluding hydrogens is 438 g/mol. The van der Waals surface area contributed by atoms with Gasteiger partial charge in [0.25, 0.3) is 5.91 Å². The third-order valence-corrected chi connectivity index (χ3v) is 6.01. The van der Waals surface area contributed by atoms with Crippen LogP contribution in [0.15, 0.2) is 66.7 Å². The summed E-state index contributed by atoms with van der Waals surface area (Å²) >= 11 is 0. The molecule has 1 N–H and O–H groups in total. The maximum atomic E-state index is 12.5. The second-order valence-electron chi connectivity index (χ2n) is 8.70. The molecule has 0 bridgehead atoms. The number of fused-ring (bicyclic) bond motifs is 1. The number of carbonyl (C=O) groups excluding carboxylic acids is 1. The highest BCUT2D eigenvalue weighted by Gasteiger charge is 2.12. The highest BCUT2D eigenvalue weighted by atomic mass is 16.5. The number of imidazole rings is 1. The molecule has 0 saturated carbocycles. The quantitative estimate of drug-likeness (QED) is 0.298. The first-order chi connectivity index (χ1) is 17.0. The Morgan fingerprint density at radius 3 is 2.60 bits per heavy atom. The first kappa shape index (κ1) is 24.3. The van der Waals surface area contributed by atoms with Crippen molar-refractivity contribution in [2.75, 3.05) is 13.2 Å². The van der Waals surface area contributed by atoms with Gasteiger partial charge in [0, 0.05) is 6.54 Å². The molecule has 0 spiro atoms. The lowest BCUT2D eigenvalue weighted by Gasteiger charge is -2.12. The highest BCUT2D eigenvalue weighted by molar-refractivity contribution is 5.78. The summed E-state index contributed by atoms with van der Waals surface area (Å²) in [4.78, 5) is 17.2. The van der Waals surface area contributed by atoms with E-state index in [-0.39, 0.29) is 12.5 Å². The summed E-state index contributed by atoms with van der Waals surface area (Å²) in [6.07, 6.45) is 1.84. The lowest BCUT2D eigenvalue weighted by Crippen LogP contribution is -2.29. The van der Waals surface area contributed by atoms with E-state index in [0.29, 0.717) is 13.2 Å². The molecule has 0 radical (unpaired) electrons. The largest absolute Gasteiger partial charge is 0.494 e. The summed E-state index contributed by atoms with van der Waals surface area (Å²) in [5.74, 6) is 2.26. The average Bonchev–Trinajstić information content (AvgIpc) is 3.23. The number of amides is 1. The number of nitrogens with zero attached hydrogens (tertiary/aromatic N) is 2. The van der Waals surface area contributed by atoms with Crippen LogP contribution in [-0.2, 0) is 24.3 Å². The van der Waals surface area contributed by atoms with Crippen LogP contribution in [0.3, 0.4) is 0 Å². The Kier molecular flexibility index (Phi) is 8.03. The molecule has 1 amide bonds. The summed E-state index contributed by atoms with van der Waals surface area (Å²) in [6.45, 7) is 7.77. The summed E-state index contributed by atoms with van der Waals surface area (Å²) in [7, 11) is 0. The molecule has 6 heteroatoms. The van der Waals surface area contributed by atoms with E-state index in [1.165, 1.54) is 5.56 Å². The molecule has 0 unspecified atom stereocenters. The van der Waals surface area contributed by atoms with Crippen molar-refractivity contribution in [3.05, 3.63) is 89.2 Å². The van der Waals surface area contributed by atoms with Crippen molar-refractivity contribution in [2.24, 2.45) is 0 Å². The van der Waals surface area contributed by atoms with Gasteiger partial charge in [0.05, 0.1) is 24.2 Å². The van der Waals surface area contributed by atoms with Crippen LogP contribution in [0.1, 0.15) is 35.9 Å². The topological polar surface area (TPSA) is 65.4 Å². The van der Waals surface area contributed by atoms with Crippen LogP contribution < -0.4 is 14.8 Å². The van der Waals surface area contributed by atoms with Crippen LogP contribution in [0.2, 0.25) is 0 Å². The number of rotatable bonds is 11. The molecule has 0 atom stereocenters. The Hall–Kier alpha value is -3.80. The second kappa shape index (κ2) is 11.6. The Bertz CT molecular complexity index is 1280. The van der Waals surface area contributed by atoms with Crippen LogP contribution in [0.25, 0.3) is 11.0 Å². The average molecular weight is 472 g/mol. The molecule has 6 nitrogen and oxygen atoms in total. The number of hydrogen-bond acceptors (Lipinski definition) is 4. The first-order valence-electron chi connectivity index (χ1n) is 12.2. The summed E-state index contributed by atoms with van der Waals surface area (Å²) < 4.78 is 13.8. The van der Waals surface area contributed by atoms with Crippen molar-refractivity contribution in [2.45, 2.75) is 46.7 Å². The zero-order chi connectivity index (χ0) is 24.6. The van der Waals surface area contributed by atoms with Crippen LogP contribution in [0, 0.1) is 13.8 Å². The fraction of sp³-hybridized carbons (Fsp3) is 0.310. The van der Waals surface area contributed by atoms with Crippen LogP contribution in [0.5, 0.6) is 11.5 Å². The SMILES string of the molecule is CCc1ccc(OCCCn2c(CNC(=O)COc3cc(C)ccc3C)nc3ccccc32)cc1. The number of nitrogens with one attached hydrogen (secondary N) is 1. The van der Waals surface area contributed by atoms with E-state index in [1.807, 2.05) is 62.4 Å². The summed E-state index contributed by atoms with van der Waals surface area (Å²) in [5, 5.41) is 2.95. The molecule has 35 heavy (non-hydrogen) atoms. The van der Waals surface area contributed by atoms with Gasteiger partial charge in [-0.15, -0.1) is 0 Å². The number of ether oxygens (including phenoxy) is 2. The molecule has 1 heterocycles. The molecule has 4 rings (SSSR count). The van der Waals surface area contributed by atoms with Crippen molar-refractivity contribution < 1.29 is 14.3 Å². The Morgan fingerprint density at radius 1 is 1.00 bits per heavy atom. The van der Waals surface area contributed by atoms with Gasteiger partial charge >= 0.3 is 0 Å². The van der Waals surface area contributed by atoms with Gasteiger partial charge in [-0.25, -0.2) is 4.98 Å². The minimum absolute atomic E-state index is 0.0326. The van der Waals surface area contributed by atoms with Gasteiger partial charge in [0.1, 0.15) is 17.3 Å². The zero-order valence-corrected chi connectivity index (χ0v) is 20.7. The van der Waals surface area contributed by atoms with E-state index in [2.05, 4.69) is 35.0 Å². The van der Waals surface area contributed by atoms with Gasteiger partial charge in [-0.2, -0.15) is 0 Å². The normalized spacial score (nSPS) is 10.9. The fourth-order valence-corrected chi connectivity index (χ4v) is 3.98. The number of aryl methyl sites for hydroxylation is 4. The molecule has 3 aromatic carbocycles. The summed E-state index contributed by atoms with van der Waals surface area (Å²) in [5.41, 5.74) is 5.37. The fourth-order valence-electron chi connectivity index (χ4n) is 3.98. The van der Waals surface area contributed by atoms with E-state index < -0.39 is 0 Å². The predicted octanol–water partition coefficient (Wildman–Crippen LogP) is 5.38. The highest BCUT2D eigenvalue weighted by Crippen LogP contribution is 2.20. The van der Waals surface area contributed by atoms with E-state index in [9.17, 15) is 4.79 Å². The number of aromatic nitrogens is 2. The van der Waals surface area contributed by atoms with Crippen molar-refractivity contribution in [1.29, 1.82) is 0 Å². The lowest BCUT2D eigenvalue weighted by molar-refractivity contribution is -0.123. The van der Waals surface area contributed by atoms with Crippen LogP contribution in [-0.4, -0.2) is 28.7 Å². The van der Waals surface area contributed by atoms with E-state index in [4.69, 9.17) is 14.5 Å². The van der Waals surface area contributed by atoms with Crippen LogP contribution in [0.4, 0.5) is 0 Å². The number of carbonyl (C=O) groups is 1. The number of benzene rings is 3. The lowest BCUT2D eigenvalue weighted by atomic mass is 10.1. The molecule has 4 aromatic rings. The molecule has 0 aliphatic carbocycles. The van der Waals surface area contributed by atoms with E-state index >= 15 is 0 Å². The molecule has 1 aromatic heterocycles. The first-order valence-corrected chi connectivity index (χ1v) is 12.2. The third kappa shape index (κ3) is 6.41. The molecule has 0 fully saturated rings. The van der Waals surface area contributed by atoms with E-state index in [0.717, 1.165) is 58.9 Å². The minimum Gasteiger partial charge on any atom is -0.494 e. The Balaban J connectivity index is 1.34. The molecule has 0 aliphatic rings. The van der Waals surface area contributed by atoms with Crippen molar-refractivity contribution >= 4 is 16.9 Å². The maximum absolute atomic E-state index is 12.5. The number of para-hydroxylation sites is 2. The third-order valence-electron chi connectivity index (χ3n) is 6.01. The molecule has 0 saturated heterocycles. The number of hydrogen-bond donors (Lipinski definition) is 1. The minimum atomic E-state index is -0.177. The monoisotopic (exact) mass is 471 g/mol. The molecular formula is C29H33N3O3. The predicted molar refractivity (Wildman–Crippen MR) is 139 cm³/mol. The van der Waals surface area contributed by atoms with Crippen molar-refractivity contribution in [3.63, 3.8) is 0 Å². The van der Waals surface area contributed by atoms with Gasteiger partial charge in [-0.1, -0.05) is 43.3 Å². The van der Waals surface area contributed by atoms with Gasteiger partial charge in [0.15, 0.2) is 6.61 Å². The Morgan fingerprint density at radius 2 is 1.80 bits per heavy atom. The van der Waals surface area contributed by atoms with Gasteiger partial charge in [0.2, 0.25) is 0 Å². The van der Waals surface area contributed by atoms with Crippen molar-refractivity contribution in [3.8, 4) is 11.5 Å².